The highest BCUT2D eigenvalue weighted by Gasteiger charge is 2.09. The van der Waals surface area contributed by atoms with Gasteiger partial charge in [-0.3, -0.25) is 4.99 Å². The van der Waals surface area contributed by atoms with E-state index in [4.69, 9.17) is 10.5 Å². The zero-order valence-electron chi connectivity index (χ0n) is 10.7. The third kappa shape index (κ3) is 5.16. The van der Waals surface area contributed by atoms with Crippen molar-refractivity contribution < 1.29 is 9.84 Å². The molecule has 1 unspecified atom stereocenters. The lowest BCUT2D eigenvalue weighted by Gasteiger charge is -2.12. The fourth-order valence-corrected chi connectivity index (χ4v) is 1.54. The number of aliphatic hydroxyl groups is 1. The molecule has 18 heavy (non-hydrogen) atoms. The van der Waals surface area contributed by atoms with Gasteiger partial charge in [0.15, 0.2) is 5.96 Å². The van der Waals surface area contributed by atoms with Crippen LogP contribution < -0.4 is 11.1 Å². The van der Waals surface area contributed by atoms with Crippen LogP contribution in [-0.4, -0.2) is 44.5 Å². The summed E-state index contributed by atoms with van der Waals surface area (Å²) in [5.41, 5.74) is 6.76. The molecule has 0 amide bonds. The molecule has 5 heteroatoms. The minimum atomic E-state index is -0.0195. The molecule has 100 valence electrons. The van der Waals surface area contributed by atoms with Crippen molar-refractivity contribution in [3.05, 3.63) is 35.9 Å². The number of aliphatic hydroxyl groups excluding tert-OH is 1. The first kappa shape index (κ1) is 14.5. The van der Waals surface area contributed by atoms with E-state index in [-0.39, 0.29) is 12.5 Å². The minimum absolute atomic E-state index is 0.0195. The van der Waals surface area contributed by atoms with Gasteiger partial charge in [-0.1, -0.05) is 30.3 Å². The molecular formula is C13H21N3O2. The summed E-state index contributed by atoms with van der Waals surface area (Å²) in [7, 11) is 1.63. The van der Waals surface area contributed by atoms with Gasteiger partial charge in [0.25, 0.3) is 0 Å². The zero-order chi connectivity index (χ0) is 13.2. The summed E-state index contributed by atoms with van der Waals surface area (Å²) in [6, 6.07) is 9.79. The molecule has 5 nitrogen and oxygen atoms in total. The smallest absolute Gasteiger partial charge is 0.188 e. The van der Waals surface area contributed by atoms with E-state index in [0.717, 1.165) is 5.56 Å². The first-order valence-electron chi connectivity index (χ1n) is 5.96. The monoisotopic (exact) mass is 251 g/mol. The van der Waals surface area contributed by atoms with Gasteiger partial charge >= 0.3 is 0 Å². The molecule has 0 aliphatic heterocycles. The Bertz CT molecular complexity index is 355. The Balaban J connectivity index is 2.46. The summed E-state index contributed by atoms with van der Waals surface area (Å²) in [6.45, 7) is 1.73. The van der Waals surface area contributed by atoms with Gasteiger partial charge in [0.05, 0.1) is 19.8 Å². The Morgan fingerprint density at radius 2 is 2.17 bits per heavy atom. The van der Waals surface area contributed by atoms with E-state index in [1.165, 1.54) is 0 Å². The van der Waals surface area contributed by atoms with Crippen LogP contribution in [0.25, 0.3) is 0 Å². The fourth-order valence-electron chi connectivity index (χ4n) is 1.54. The maximum atomic E-state index is 9.36. The van der Waals surface area contributed by atoms with E-state index in [1.54, 1.807) is 7.11 Å². The maximum Gasteiger partial charge on any atom is 0.188 e. The lowest BCUT2D eigenvalue weighted by atomic mass is 10.0. The second-order valence-electron chi connectivity index (χ2n) is 3.94. The van der Waals surface area contributed by atoms with Crippen molar-refractivity contribution in [1.82, 2.24) is 5.32 Å². The Kier molecular flexibility index (Phi) is 6.83. The molecule has 1 aromatic carbocycles. The van der Waals surface area contributed by atoms with Crippen LogP contribution in [0.4, 0.5) is 0 Å². The molecule has 0 bridgehead atoms. The Hall–Kier alpha value is -1.59. The summed E-state index contributed by atoms with van der Waals surface area (Å²) < 4.78 is 4.90. The quantitative estimate of drug-likeness (QED) is 0.370. The average molecular weight is 251 g/mol. The number of methoxy groups -OCH3 is 1. The number of nitrogens with zero attached hydrogens (tertiary/aromatic N) is 1. The van der Waals surface area contributed by atoms with Crippen LogP contribution in [0.2, 0.25) is 0 Å². The number of rotatable bonds is 7. The number of hydrogen-bond acceptors (Lipinski definition) is 3. The van der Waals surface area contributed by atoms with Crippen LogP contribution in [0.1, 0.15) is 11.5 Å². The molecule has 0 aromatic heterocycles. The van der Waals surface area contributed by atoms with Crippen molar-refractivity contribution in [1.29, 1.82) is 0 Å². The molecule has 0 radical (unpaired) electrons. The largest absolute Gasteiger partial charge is 0.396 e. The van der Waals surface area contributed by atoms with Gasteiger partial charge < -0.3 is 20.9 Å². The van der Waals surface area contributed by atoms with E-state index in [2.05, 4.69) is 10.3 Å². The van der Waals surface area contributed by atoms with Crippen molar-refractivity contribution in [2.75, 3.05) is 33.4 Å². The van der Waals surface area contributed by atoms with Gasteiger partial charge in [-0.15, -0.1) is 0 Å². The summed E-state index contributed by atoms with van der Waals surface area (Å²) in [5.74, 6) is 0.357. The van der Waals surface area contributed by atoms with E-state index in [1.807, 2.05) is 30.3 Å². The molecule has 0 saturated heterocycles. The van der Waals surface area contributed by atoms with Crippen LogP contribution in [0.3, 0.4) is 0 Å². The normalized spacial score (nSPS) is 13.3. The highest BCUT2D eigenvalue weighted by molar-refractivity contribution is 5.77. The highest BCUT2D eigenvalue weighted by atomic mass is 16.5. The number of hydrogen-bond donors (Lipinski definition) is 3. The van der Waals surface area contributed by atoms with Crippen LogP contribution in [0, 0.1) is 0 Å². The van der Waals surface area contributed by atoms with Crippen LogP contribution in [0.15, 0.2) is 35.3 Å². The van der Waals surface area contributed by atoms with Crippen molar-refractivity contribution in [3.63, 3.8) is 0 Å². The van der Waals surface area contributed by atoms with E-state index in [9.17, 15) is 5.11 Å². The number of nitrogens with one attached hydrogen (secondary N) is 1. The van der Waals surface area contributed by atoms with E-state index >= 15 is 0 Å². The standard InChI is InChI=1S/C13H21N3O2/c1-18-8-7-15-13(14)16-9-12(10-17)11-5-3-2-4-6-11/h2-6,12,17H,7-10H2,1H3,(H3,14,15,16). The number of nitrogens with two attached hydrogens (primary N) is 1. The average Bonchev–Trinajstić information content (AvgIpc) is 2.41. The maximum absolute atomic E-state index is 9.36. The molecular weight excluding hydrogens is 230 g/mol. The fraction of sp³-hybridized carbons (Fsp3) is 0.462. The molecule has 1 rings (SSSR count). The second kappa shape index (κ2) is 8.49. The second-order valence-corrected chi connectivity index (χ2v) is 3.94. The van der Waals surface area contributed by atoms with Crippen LogP contribution >= 0.6 is 0 Å². The highest BCUT2D eigenvalue weighted by Crippen LogP contribution is 2.14. The topological polar surface area (TPSA) is 79.9 Å². The third-order valence-corrected chi connectivity index (χ3v) is 2.59. The molecule has 0 spiro atoms. The van der Waals surface area contributed by atoms with E-state index in [0.29, 0.717) is 25.7 Å². The lowest BCUT2D eigenvalue weighted by Crippen LogP contribution is -2.34. The molecule has 0 fully saturated rings. The van der Waals surface area contributed by atoms with Gasteiger partial charge in [-0.2, -0.15) is 0 Å². The molecule has 4 N–H and O–H groups in total. The number of guanidine groups is 1. The van der Waals surface area contributed by atoms with Gasteiger partial charge in [0.2, 0.25) is 0 Å². The van der Waals surface area contributed by atoms with Gasteiger partial charge in [-0.05, 0) is 5.56 Å². The summed E-state index contributed by atoms with van der Waals surface area (Å²) in [4.78, 5) is 4.21. The lowest BCUT2D eigenvalue weighted by molar-refractivity contribution is 0.204. The van der Waals surface area contributed by atoms with Crippen LogP contribution in [0.5, 0.6) is 0 Å². The molecule has 0 heterocycles. The SMILES string of the molecule is COCCNC(N)=NCC(CO)c1ccccc1. The minimum Gasteiger partial charge on any atom is -0.396 e. The zero-order valence-corrected chi connectivity index (χ0v) is 10.7. The van der Waals surface area contributed by atoms with Crippen molar-refractivity contribution in [3.8, 4) is 0 Å². The third-order valence-electron chi connectivity index (χ3n) is 2.59. The molecule has 0 saturated carbocycles. The van der Waals surface area contributed by atoms with Gasteiger partial charge in [-0.25, -0.2) is 0 Å². The Morgan fingerprint density at radius 3 is 2.78 bits per heavy atom. The van der Waals surface area contributed by atoms with Crippen molar-refractivity contribution >= 4 is 5.96 Å². The first-order valence-corrected chi connectivity index (χ1v) is 5.96. The summed E-state index contributed by atoms with van der Waals surface area (Å²) in [6.07, 6.45) is 0. The Labute approximate surface area is 108 Å². The van der Waals surface area contributed by atoms with Crippen molar-refractivity contribution in [2.45, 2.75) is 5.92 Å². The number of ether oxygens (including phenoxy) is 1. The van der Waals surface area contributed by atoms with Crippen LogP contribution in [-0.2, 0) is 4.74 Å². The summed E-state index contributed by atoms with van der Waals surface area (Å²) >= 11 is 0. The first-order chi connectivity index (χ1) is 8.77. The molecule has 0 aliphatic carbocycles. The predicted octanol–water partition coefficient (Wildman–Crippen LogP) is 0.313. The summed E-state index contributed by atoms with van der Waals surface area (Å²) in [5, 5.41) is 12.3. The molecule has 1 atom stereocenters. The predicted molar refractivity (Wildman–Crippen MR) is 72.6 cm³/mol. The number of aliphatic imine (C=N–C) groups is 1. The van der Waals surface area contributed by atoms with Gasteiger partial charge in [0, 0.05) is 19.6 Å². The van der Waals surface area contributed by atoms with Gasteiger partial charge in [0.1, 0.15) is 0 Å². The van der Waals surface area contributed by atoms with Crippen molar-refractivity contribution in [2.24, 2.45) is 10.7 Å². The molecule has 1 aromatic rings. The van der Waals surface area contributed by atoms with E-state index < -0.39 is 0 Å². The Morgan fingerprint density at radius 1 is 1.44 bits per heavy atom. The number of benzene rings is 1. The molecule has 0 aliphatic rings.